The minimum absolute atomic E-state index is 0.0412. The van der Waals surface area contributed by atoms with Crippen molar-refractivity contribution in [3.8, 4) is 11.5 Å². The summed E-state index contributed by atoms with van der Waals surface area (Å²) in [6.45, 7) is 10.9. The molecule has 0 saturated heterocycles. The number of aryl methyl sites for hydroxylation is 1. The van der Waals surface area contributed by atoms with Crippen LogP contribution in [0.5, 0.6) is 11.5 Å². The van der Waals surface area contributed by atoms with Crippen LogP contribution in [0.1, 0.15) is 54.5 Å². The van der Waals surface area contributed by atoms with Crippen LogP contribution < -0.4 is 4.74 Å². The molecule has 0 aliphatic rings. The number of carbonyl (C=O) groups is 1. The molecule has 0 spiro atoms. The van der Waals surface area contributed by atoms with Gasteiger partial charge in [-0.1, -0.05) is 32.1 Å². The number of hydrogen-bond acceptors (Lipinski definition) is 3. The van der Waals surface area contributed by atoms with Crippen LogP contribution in [-0.4, -0.2) is 22.8 Å². The van der Waals surface area contributed by atoms with Gasteiger partial charge in [-0.3, -0.25) is 0 Å². The van der Waals surface area contributed by atoms with Crippen LogP contribution >= 0.6 is 0 Å². The zero-order chi connectivity index (χ0) is 20.3. The Morgan fingerprint density at radius 3 is 2.52 bits per heavy atom. The third-order valence-corrected chi connectivity index (χ3v) is 4.45. The molecule has 0 amide bonds. The first-order chi connectivity index (χ1) is 12.6. The van der Waals surface area contributed by atoms with E-state index in [1.54, 1.807) is 18.2 Å². The number of aromatic hydroxyl groups is 1. The third-order valence-electron chi connectivity index (χ3n) is 4.45. The molecular weight excluding hydrogens is 347 g/mol. The second-order valence-electron chi connectivity index (χ2n) is 7.03. The van der Waals surface area contributed by atoms with E-state index in [1.807, 2.05) is 27.7 Å². The van der Waals surface area contributed by atoms with Gasteiger partial charge in [0, 0.05) is 12.0 Å². The summed E-state index contributed by atoms with van der Waals surface area (Å²) in [5.74, 6) is -1.20. The molecule has 144 valence electrons. The summed E-state index contributed by atoms with van der Waals surface area (Å²) in [7, 11) is 0. The largest absolute Gasteiger partial charge is 0.508 e. The van der Waals surface area contributed by atoms with Crippen LogP contribution in [-0.2, 0) is 11.2 Å². The number of carboxylic acids is 1. The van der Waals surface area contributed by atoms with Crippen LogP contribution in [0.15, 0.2) is 30.8 Å². The lowest BCUT2D eigenvalue weighted by atomic mass is 9.90. The summed E-state index contributed by atoms with van der Waals surface area (Å²) < 4.78 is 20.2. The molecule has 2 aromatic carbocycles. The SMILES string of the molecule is C=C(C)c1cc(OCC(=O)O)cc(C)c1Cc1ccc(O)c(C(C)C)c1F. The van der Waals surface area contributed by atoms with E-state index in [-0.39, 0.29) is 11.7 Å². The first-order valence-electron chi connectivity index (χ1n) is 8.76. The zero-order valence-electron chi connectivity index (χ0n) is 16.1. The Balaban J connectivity index is 2.49. The lowest BCUT2D eigenvalue weighted by Crippen LogP contribution is -2.10. The molecule has 0 heterocycles. The Hall–Kier alpha value is -2.82. The Labute approximate surface area is 158 Å². The van der Waals surface area contributed by atoms with Crippen molar-refractivity contribution in [1.29, 1.82) is 0 Å². The maximum atomic E-state index is 15.0. The minimum Gasteiger partial charge on any atom is -0.508 e. The molecule has 0 radical (unpaired) electrons. The van der Waals surface area contributed by atoms with Crippen LogP contribution in [0.25, 0.3) is 5.57 Å². The first kappa shape index (κ1) is 20.5. The summed E-state index contributed by atoms with van der Waals surface area (Å²) in [5, 5.41) is 18.8. The lowest BCUT2D eigenvalue weighted by molar-refractivity contribution is -0.139. The molecule has 2 N–H and O–H groups in total. The van der Waals surface area contributed by atoms with Crippen molar-refractivity contribution >= 4 is 11.5 Å². The van der Waals surface area contributed by atoms with Crippen LogP contribution in [0, 0.1) is 12.7 Å². The number of phenols is 1. The first-order valence-corrected chi connectivity index (χ1v) is 8.76. The van der Waals surface area contributed by atoms with E-state index in [4.69, 9.17) is 9.84 Å². The highest BCUT2D eigenvalue weighted by atomic mass is 19.1. The molecule has 0 unspecified atom stereocenters. The Bertz CT molecular complexity index is 884. The number of ether oxygens (including phenoxy) is 1. The maximum Gasteiger partial charge on any atom is 0.341 e. The average Bonchev–Trinajstić information content (AvgIpc) is 2.56. The second kappa shape index (κ2) is 8.25. The van der Waals surface area contributed by atoms with Gasteiger partial charge in [0.05, 0.1) is 0 Å². The second-order valence-corrected chi connectivity index (χ2v) is 7.03. The van der Waals surface area contributed by atoms with Crippen LogP contribution in [0.3, 0.4) is 0 Å². The Morgan fingerprint density at radius 1 is 1.30 bits per heavy atom. The van der Waals surface area contributed by atoms with Crippen molar-refractivity contribution in [2.24, 2.45) is 0 Å². The van der Waals surface area contributed by atoms with Crippen molar-refractivity contribution in [2.75, 3.05) is 6.61 Å². The number of halogens is 1. The summed E-state index contributed by atoms with van der Waals surface area (Å²) >= 11 is 0. The molecule has 4 nitrogen and oxygen atoms in total. The monoisotopic (exact) mass is 372 g/mol. The van der Waals surface area contributed by atoms with Gasteiger partial charge in [-0.05, 0) is 60.2 Å². The van der Waals surface area contributed by atoms with Crippen LogP contribution in [0.4, 0.5) is 4.39 Å². The average molecular weight is 372 g/mol. The van der Waals surface area contributed by atoms with Gasteiger partial charge >= 0.3 is 5.97 Å². The number of carboxylic acid groups (broad SMARTS) is 1. The van der Waals surface area contributed by atoms with Gasteiger partial charge in [-0.25, -0.2) is 9.18 Å². The number of rotatable bonds is 7. The number of allylic oxidation sites excluding steroid dienone is 1. The Morgan fingerprint density at radius 2 is 1.96 bits per heavy atom. The molecule has 5 heteroatoms. The highest BCUT2D eigenvalue weighted by molar-refractivity contribution is 5.70. The predicted octanol–water partition coefficient (Wildman–Crippen LogP) is 5.05. The molecule has 2 aromatic rings. The fraction of sp³-hybridized carbons (Fsp3) is 0.318. The minimum atomic E-state index is -1.05. The zero-order valence-corrected chi connectivity index (χ0v) is 16.1. The van der Waals surface area contributed by atoms with Gasteiger partial charge in [0.15, 0.2) is 6.61 Å². The molecule has 0 atom stereocenters. The molecule has 0 fully saturated rings. The van der Waals surface area contributed by atoms with E-state index in [2.05, 4.69) is 6.58 Å². The number of phenolic OH excluding ortho intramolecular Hbond substituents is 1. The summed E-state index contributed by atoms with van der Waals surface area (Å²) in [4.78, 5) is 10.7. The molecule has 0 aliphatic heterocycles. The summed E-state index contributed by atoms with van der Waals surface area (Å²) in [6.07, 6.45) is 0.332. The molecule has 27 heavy (non-hydrogen) atoms. The highest BCUT2D eigenvalue weighted by Crippen LogP contribution is 2.34. The lowest BCUT2D eigenvalue weighted by Gasteiger charge is -2.18. The molecular formula is C22H25FO4. The van der Waals surface area contributed by atoms with Gasteiger partial charge in [-0.2, -0.15) is 0 Å². The molecule has 0 saturated carbocycles. The molecule has 0 bridgehead atoms. The van der Waals surface area contributed by atoms with Gasteiger partial charge in [0.25, 0.3) is 0 Å². The van der Waals surface area contributed by atoms with Gasteiger partial charge in [-0.15, -0.1) is 0 Å². The normalized spacial score (nSPS) is 10.9. The third kappa shape index (κ3) is 4.67. The number of aliphatic carboxylic acids is 1. The van der Waals surface area contributed by atoms with E-state index in [9.17, 15) is 14.3 Å². The van der Waals surface area contributed by atoms with Crippen molar-refractivity contribution < 1.29 is 24.1 Å². The van der Waals surface area contributed by atoms with E-state index in [1.165, 1.54) is 6.07 Å². The number of benzene rings is 2. The topological polar surface area (TPSA) is 66.8 Å². The van der Waals surface area contributed by atoms with E-state index in [0.29, 0.717) is 23.3 Å². The predicted molar refractivity (Wildman–Crippen MR) is 104 cm³/mol. The van der Waals surface area contributed by atoms with Gasteiger partial charge < -0.3 is 14.9 Å². The summed E-state index contributed by atoms with van der Waals surface area (Å²) in [6, 6.07) is 6.59. The smallest absolute Gasteiger partial charge is 0.341 e. The fourth-order valence-electron chi connectivity index (χ4n) is 3.13. The van der Waals surface area contributed by atoms with Crippen molar-refractivity contribution in [3.05, 3.63) is 64.5 Å². The maximum absolute atomic E-state index is 15.0. The van der Waals surface area contributed by atoms with Gasteiger partial charge in [0.2, 0.25) is 0 Å². The summed E-state index contributed by atoms with van der Waals surface area (Å²) in [5.41, 5.74) is 4.12. The molecule has 0 aromatic heterocycles. The Kier molecular flexibility index (Phi) is 6.26. The van der Waals surface area contributed by atoms with Crippen LogP contribution in [0.2, 0.25) is 0 Å². The van der Waals surface area contributed by atoms with Crippen molar-refractivity contribution in [2.45, 2.75) is 40.0 Å². The quantitative estimate of drug-likeness (QED) is 0.714. The number of hydrogen-bond donors (Lipinski definition) is 2. The molecule has 2 rings (SSSR count). The van der Waals surface area contributed by atoms with Crippen molar-refractivity contribution in [3.63, 3.8) is 0 Å². The standard InChI is InChI=1S/C22H25FO4/c1-12(2)17-10-16(27-11-20(25)26)8-14(5)18(17)9-15-6-7-19(24)21(13(3)4)22(15)23/h6-8,10,13,24H,1,9,11H2,2-5H3,(H,25,26). The van der Waals surface area contributed by atoms with E-state index >= 15 is 0 Å². The fourth-order valence-corrected chi connectivity index (χ4v) is 3.13. The van der Waals surface area contributed by atoms with E-state index < -0.39 is 18.4 Å². The van der Waals surface area contributed by atoms with Gasteiger partial charge in [0.1, 0.15) is 17.3 Å². The van der Waals surface area contributed by atoms with Crippen molar-refractivity contribution in [1.82, 2.24) is 0 Å². The van der Waals surface area contributed by atoms with E-state index in [0.717, 1.165) is 22.3 Å². The molecule has 0 aliphatic carbocycles. The highest BCUT2D eigenvalue weighted by Gasteiger charge is 2.18.